The third kappa shape index (κ3) is 3.29. The van der Waals surface area contributed by atoms with E-state index in [0.29, 0.717) is 24.3 Å². The second-order valence-corrected chi connectivity index (χ2v) is 6.92. The number of nitrogens with zero attached hydrogens (tertiary/aromatic N) is 4. The Hall–Kier alpha value is -2.48. The predicted molar refractivity (Wildman–Crippen MR) is 91.9 cm³/mol. The van der Waals surface area contributed by atoms with E-state index in [4.69, 9.17) is 11.6 Å². The highest BCUT2D eigenvalue weighted by atomic mass is 35.5. The SMILES string of the molecule is Cc1c(C(=O)N2CCC(C)CC2C(=O)O)nnn1-c1ccc(F)c(Cl)c1. The number of carbonyl (C=O) groups excluding carboxylic acids is 1. The Kier molecular flexibility index (Phi) is 4.95. The van der Waals surface area contributed by atoms with Gasteiger partial charge in [0.05, 0.1) is 16.4 Å². The molecule has 1 saturated heterocycles. The number of aromatic nitrogens is 3. The van der Waals surface area contributed by atoms with Crippen LogP contribution in [0.2, 0.25) is 5.02 Å². The normalized spacial score (nSPS) is 20.2. The van der Waals surface area contributed by atoms with E-state index in [1.165, 1.54) is 27.8 Å². The van der Waals surface area contributed by atoms with Crippen molar-refractivity contribution in [2.75, 3.05) is 6.54 Å². The van der Waals surface area contributed by atoms with E-state index in [1.807, 2.05) is 6.92 Å². The minimum Gasteiger partial charge on any atom is -0.480 e. The smallest absolute Gasteiger partial charge is 0.326 e. The first kappa shape index (κ1) is 18.3. The number of halogens is 2. The molecule has 0 saturated carbocycles. The highest BCUT2D eigenvalue weighted by Gasteiger charge is 2.37. The number of piperidine rings is 1. The van der Waals surface area contributed by atoms with Crippen molar-refractivity contribution in [3.63, 3.8) is 0 Å². The Balaban J connectivity index is 1.92. The fourth-order valence-corrected chi connectivity index (χ4v) is 3.32. The summed E-state index contributed by atoms with van der Waals surface area (Å²) in [6.07, 6.45) is 1.14. The molecule has 7 nitrogen and oxygen atoms in total. The maximum atomic E-state index is 13.3. The molecule has 2 heterocycles. The number of benzene rings is 1. The van der Waals surface area contributed by atoms with Crippen molar-refractivity contribution in [3.8, 4) is 5.69 Å². The van der Waals surface area contributed by atoms with Crippen molar-refractivity contribution in [1.29, 1.82) is 0 Å². The lowest BCUT2D eigenvalue weighted by Crippen LogP contribution is -2.50. The van der Waals surface area contributed by atoms with Crippen LogP contribution in [-0.4, -0.2) is 49.5 Å². The molecule has 2 atom stereocenters. The van der Waals surface area contributed by atoms with E-state index in [2.05, 4.69) is 10.3 Å². The third-order valence-corrected chi connectivity index (χ3v) is 4.95. The first-order valence-electron chi connectivity index (χ1n) is 8.21. The Morgan fingerprint density at radius 3 is 2.77 bits per heavy atom. The Bertz CT molecular complexity index is 870. The van der Waals surface area contributed by atoms with E-state index < -0.39 is 23.7 Å². The molecule has 1 aromatic carbocycles. The van der Waals surface area contributed by atoms with Gasteiger partial charge in [0.2, 0.25) is 0 Å². The van der Waals surface area contributed by atoms with Gasteiger partial charge in [-0.2, -0.15) is 0 Å². The molecule has 0 aliphatic carbocycles. The molecule has 3 rings (SSSR count). The fourth-order valence-electron chi connectivity index (χ4n) is 3.14. The summed E-state index contributed by atoms with van der Waals surface area (Å²) in [4.78, 5) is 25.7. The standard InChI is InChI=1S/C17H18ClFN4O3/c1-9-5-6-22(14(7-9)17(25)26)16(24)15-10(2)23(21-20-15)11-3-4-13(19)12(18)8-11/h3-4,8-9,14H,5-7H2,1-2H3,(H,25,26). The summed E-state index contributed by atoms with van der Waals surface area (Å²) in [6.45, 7) is 3.97. The third-order valence-electron chi connectivity index (χ3n) is 4.66. The lowest BCUT2D eigenvalue weighted by Gasteiger charge is -2.35. The lowest BCUT2D eigenvalue weighted by molar-refractivity contribution is -0.144. The molecule has 1 fully saturated rings. The van der Waals surface area contributed by atoms with Gasteiger partial charge in [-0.3, -0.25) is 4.79 Å². The minimum absolute atomic E-state index is 0.0683. The average Bonchev–Trinajstić information content (AvgIpc) is 2.98. The second kappa shape index (κ2) is 7.03. The number of likely N-dealkylation sites (tertiary alicyclic amines) is 1. The molecular weight excluding hydrogens is 363 g/mol. The molecule has 2 aromatic rings. The van der Waals surface area contributed by atoms with Crippen LogP contribution in [0.1, 0.15) is 35.9 Å². The number of hydrogen-bond acceptors (Lipinski definition) is 4. The zero-order valence-corrected chi connectivity index (χ0v) is 15.1. The Labute approximate surface area is 154 Å². The number of carboxylic acid groups (broad SMARTS) is 1. The molecule has 9 heteroatoms. The van der Waals surface area contributed by atoms with Gasteiger partial charge in [-0.25, -0.2) is 13.9 Å². The van der Waals surface area contributed by atoms with Gasteiger partial charge < -0.3 is 10.0 Å². The number of rotatable bonds is 3. The van der Waals surface area contributed by atoms with Crippen LogP contribution in [0.4, 0.5) is 4.39 Å². The molecule has 1 N–H and O–H groups in total. The molecule has 1 aromatic heterocycles. The summed E-state index contributed by atoms with van der Waals surface area (Å²) in [6, 6.07) is 3.18. The van der Waals surface area contributed by atoms with Crippen LogP contribution in [0, 0.1) is 18.7 Å². The predicted octanol–water partition coefficient (Wildman–Crippen LogP) is 2.69. The maximum Gasteiger partial charge on any atom is 0.326 e. The summed E-state index contributed by atoms with van der Waals surface area (Å²) in [5, 5.41) is 17.2. The molecule has 0 spiro atoms. The first-order valence-corrected chi connectivity index (χ1v) is 8.59. The summed E-state index contributed by atoms with van der Waals surface area (Å²) < 4.78 is 14.7. The van der Waals surface area contributed by atoms with Crippen molar-refractivity contribution in [2.24, 2.45) is 5.92 Å². The van der Waals surface area contributed by atoms with Crippen LogP contribution < -0.4 is 0 Å². The average molecular weight is 381 g/mol. The zero-order chi connectivity index (χ0) is 19.0. The Morgan fingerprint density at radius 1 is 1.38 bits per heavy atom. The summed E-state index contributed by atoms with van der Waals surface area (Å²) in [5.41, 5.74) is 0.967. The van der Waals surface area contributed by atoms with Crippen LogP contribution in [-0.2, 0) is 4.79 Å². The molecule has 0 bridgehead atoms. The van der Waals surface area contributed by atoms with Gasteiger partial charge in [-0.1, -0.05) is 23.7 Å². The summed E-state index contributed by atoms with van der Waals surface area (Å²) in [5.74, 6) is -1.82. The fraction of sp³-hybridized carbons (Fsp3) is 0.412. The van der Waals surface area contributed by atoms with Crippen LogP contribution in [0.3, 0.4) is 0 Å². The molecular formula is C17H18ClFN4O3. The van der Waals surface area contributed by atoms with Gasteiger partial charge in [0, 0.05) is 6.54 Å². The minimum atomic E-state index is -1.03. The van der Waals surface area contributed by atoms with E-state index in [0.717, 1.165) is 6.42 Å². The largest absolute Gasteiger partial charge is 0.480 e. The van der Waals surface area contributed by atoms with Crippen LogP contribution in [0.15, 0.2) is 18.2 Å². The monoisotopic (exact) mass is 380 g/mol. The van der Waals surface area contributed by atoms with Gasteiger partial charge in [-0.05, 0) is 43.9 Å². The highest BCUT2D eigenvalue weighted by molar-refractivity contribution is 6.30. The number of carbonyl (C=O) groups is 2. The van der Waals surface area contributed by atoms with Gasteiger partial charge in [0.25, 0.3) is 5.91 Å². The van der Waals surface area contributed by atoms with Crippen LogP contribution in [0.5, 0.6) is 0 Å². The number of carboxylic acids is 1. The van der Waals surface area contributed by atoms with Crippen molar-refractivity contribution in [1.82, 2.24) is 19.9 Å². The quantitative estimate of drug-likeness (QED) is 0.884. The van der Waals surface area contributed by atoms with Crippen LogP contribution in [0.25, 0.3) is 5.69 Å². The van der Waals surface area contributed by atoms with Gasteiger partial charge in [-0.15, -0.1) is 5.10 Å². The molecule has 1 amide bonds. The zero-order valence-electron chi connectivity index (χ0n) is 14.3. The molecule has 1 aliphatic rings. The van der Waals surface area contributed by atoms with Crippen molar-refractivity contribution >= 4 is 23.5 Å². The highest BCUT2D eigenvalue weighted by Crippen LogP contribution is 2.25. The van der Waals surface area contributed by atoms with E-state index in [-0.39, 0.29) is 16.6 Å². The van der Waals surface area contributed by atoms with Crippen molar-refractivity contribution < 1.29 is 19.1 Å². The summed E-state index contributed by atoms with van der Waals surface area (Å²) >= 11 is 5.80. The topological polar surface area (TPSA) is 88.3 Å². The lowest BCUT2D eigenvalue weighted by atomic mass is 9.92. The van der Waals surface area contributed by atoms with Crippen LogP contribution >= 0.6 is 11.6 Å². The Morgan fingerprint density at radius 2 is 2.12 bits per heavy atom. The number of aliphatic carboxylic acids is 1. The summed E-state index contributed by atoms with van der Waals surface area (Å²) in [7, 11) is 0. The van der Waals surface area contributed by atoms with E-state index in [1.54, 1.807) is 6.92 Å². The molecule has 26 heavy (non-hydrogen) atoms. The molecule has 2 unspecified atom stereocenters. The number of hydrogen-bond donors (Lipinski definition) is 1. The van der Waals surface area contributed by atoms with Gasteiger partial charge >= 0.3 is 5.97 Å². The van der Waals surface area contributed by atoms with Crippen molar-refractivity contribution in [3.05, 3.63) is 40.4 Å². The molecule has 1 aliphatic heterocycles. The van der Waals surface area contributed by atoms with E-state index >= 15 is 0 Å². The maximum absolute atomic E-state index is 13.3. The molecule has 138 valence electrons. The van der Waals surface area contributed by atoms with Crippen molar-refractivity contribution in [2.45, 2.75) is 32.7 Å². The van der Waals surface area contributed by atoms with E-state index in [9.17, 15) is 19.1 Å². The first-order chi connectivity index (χ1) is 12.3. The van der Waals surface area contributed by atoms with Gasteiger partial charge in [0.15, 0.2) is 5.69 Å². The number of amides is 1. The van der Waals surface area contributed by atoms with Gasteiger partial charge in [0.1, 0.15) is 11.9 Å². The molecule has 0 radical (unpaired) electrons. The second-order valence-electron chi connectivity index (χ2n) is 6.52.